The molecule has 1 atom stereocenters. The van der Waals surface area contributed by atoms with Gasteiger partial charge in [0.15, 0.2) is 0 Å². The Morgan fingerprint density at radius 3 is 1.96 bits per heavy atom. The summed E-state index contributed by atoms with van der Waals surface area (Å²) in [7, 11) is 4.97. The normalized spacial score (nSPS) is 12.3. The first kappa shape index (κ1) is 45.4. The molecule has 0 spiro atoms. The van der Waals surface area contributed by atoms with Crippen LogP contribution >= 0.6 is 0 Å². The SMILES string of the molecule is CCCNC(N)=O.[B]C(=O)OCc1ccc(NC(=O)CNC(=O)C(NC(=O)C(C)(C)CC(C)(C)CC(C)(C)OCCC(C)C)C(C)C)cc1. The summed E-state index contributed by atoms with van der Waals surface area (Å²) in [5.74, 6) is -1.54. The van der Waals surface area contributed by atoms with Gasteiger partial charge in [0.05, 0.1) is 12.1 Å². The highest BCUT2D eigenvalue weighted by atomic mass is 16.5. The van der Waals surface area contributed by atoms with Crippen LogP contribution in [-0.2, 0) is 30.5 Å². The van der Waals surface area contributed by atoms with Crippen LogP contribution in [0.2, 0.25) is 0 Å². The molecule has 0 saturated heterocycles. The van der Waals surface area contributed by atoms with Crippen LogP contribution in [-0.4, -0.2) is 68.8 Å². The van der Waals surface area contributed by atoms with Gasteiger partial charge in [-0.2, -0.15) is 0 Å². The van der Waals surface area contributed by atoms with Crippen molar-refractivity contribution in [3.8, 4) is 0 Å². The minimum atomic E-state index is -0.867. The molecule has 13 heteroatoms. The largest absolute Gasteiger partial charge is 0.470 e. The molecule has 1 aromatic rings. The number of urea groups is 1. The fourth-order valence-corrected chi connectivity index (χ4v) is 5.55. The molecule has 0 fully saturated rings. The lowest BCUT2D eigenvalue weighted by molar-refractivity contribution is -0.137. The highest BCUT2D eigenvalue weighted by Crippen LogP contribution is 2.40. The molecule has 0 saturated carbocycles. The van der Waals surface area contributed by atoms with Gasteiger partial charge in [-0.05, 0) is 74.5 Å². The van der Waals surface area contributed by atoms with Crippen LogP contribution in [0.25, 0.3) is 0 Å². The molecule has 1 aromatic carbocycles. The fraction of sp³-hybridized carbons (Fsp3) is 0.694. The van der Waals surface area contributed by atoms with E-state index in [0.717, 1.165) is 19.3 Å². The standard InChI is InChI=1S/C32H52BN3O6.C4H10N2O/c1-21(2)15-16-42-32(9,10)20-30(5,6)19-31(7,8)28(39)36-26(22(3)4)27(38)34-17-25(37)35-24-13-11-23(12-14-24)18-41-29(33)40;1-2-3-6-4(5)7/h11-14,21-22,26H,15-20H2,1-10H3,(H,34,38)(H,35,37)(H,36,39);2-3H2,1H3,(H3,5,6,7). The van der Waals surface area contributed by atoms with Crippen LogP contribution in [0.1, 0.15) is 107 Å². The van der Waals surface area contributed by atoms with E-state index in [-0.39, 0.29) is 36.0 Å². The molecule has 0 aliphatic carbocycles. The molecular formula is C36H62BN5O7. The topological polar surface area (TPSA) is 178 Å². The summed E-state index contributed by atoms with van der Waals surface area (Å²) in [5.41, 5.74) is 4.70. The molecule has 0 aromatic heterocycles. The predicted molar refractivity (Wildman–Crippen MR) is 195 cm³/mol. The first-order valence-electron chi connectivity index (χ1n) is 17.1. The number of rotatable bonds is 19. The molecule has 6 N–H and O–H groups in total. The molecule has 1 rings (SSSR count). The third kappa shape index (κ3) is 21.2. The zero-order chi connectivity index (χ0) is 38.0. The first-order valence-corrected chi connectivity index (χ1v) is 17.1. The maximum Gasteiger partial charge on any atom is 0.312 e. The summed E-state index contributed by atoms with van der Waals surface area (Å²) >= 11 is 0. The van der Waals surface area contributed by atoms with Crippen molar-refractivity contribution >= 4 is 43.2 Å². The second-order valence-electron chi connectivity index (χ2n) is 15.2. The van der Waals surface area contributed by atoms with Gasteiger partial charge in [0.1, 0.15) is 12.6 Å². The summed E-state index contributed by atoms with van der Waals surface area (Å²) in [4.78, 5) is 59.5. The van der Waals surface area contributed by atoms with Crippen molar-refractivity contribution in [1.29, 1.82) is 0 Å². The van der Waals surface area contributed by atoms with Crippen LogP contribution < -0.4 is 27.0 Å². The molecule has 12 nitrogen and oxygen atoms in total. The van der Waals surface area contributed by atoms with E-state index in [4.69, 9.17) is 23.1 Å². The predicted octanol–water partition coefficient (Wildman–Crippen LogP) is 5.43. The number of amides is 5. The molecule has 0 bridgehead atoms. The van der Waals surface area contributed by atoms with Crippen LogP contribution in [0.5, 0.6) is 0 Å². The van der Waals surface area contributed by atoms with Gasteiger partial charge in [0.25, 0.3) is 0 Å². The molecule has 0 aliphatic rings. The van der Waals surface area contributed by atoms with Crippen molar-refractivity contribution in [2.45, 2.75) is 120 Å². The van der Waals surface area contributed by atoms with Gasteiger partial charge in [-0.1, -0.05) is 74.4 Å². The Bertz CT molecular complexity index is 1200. The van der Waals surface area contributed by atoms with Gasteiger partial charge in [0, 0.05) is 24.3 Å². The number of nitrogens with two attached hydrogens (primary N) is 1. The number of ether oxygens (including phenoxy) is 2. The lowest BCUT2D eigenvalue weighted by Gasteiger charge is -2.40. The third-order valence-electron chi connectivity index (χ3n) is 7.45. The molecule has 2 radical (unpaired) electrons. The summed E-state index contributed by atoms with van der Waals surface area (Å²) in [6.07, 6.45) is 3.32. The highest BCUT2D eigenvalue weighted by Gasteiger charge is 2.39. The minimum absolute atomic E-state index is 0.0288. The van der Waals surface area contributed by atoms with Crippen LogP contribution in [0.4, 0.5) is 15.3 Å². The number of carbonyl (C=O) groups excluding carboxylic acids is 5. The Morgan fingerprint density at radius 2 is 1.49 bits per heavy atom. The van der Waals surface area contributed by atoms with E-state index in [9.17, 15) is 24.0 Å². The van der Waals surface area contributed by atoms with Crippen molar-refractivity contribution in [2.24, 2.45) is 28.4 Å². The van der Waals surface area contributed by atoms with Crippen LogP contribution in [0.15, 0.2) is 24.3 Å². The second-order valence-corrected chi connectivity index (χ2v) is 15.2. The zero-order valence-electron chi connectivity index (χ0n) is 31.7. The maximum atomic E-state index is 13.4. The lowest BCUT2D eigenvalue weighted by atomic mass is 9.70. The molecule has 276 valence electrons. The number of hydrogen-bond donors (Lipinski definition) is 5. The van der Waals surface area contributed by atoms with Crippen molar-refractivity contribution < 1.29 is 33.4 Å². The Kier molecular flexibility index (Phi) is 19.9. The minimum Gasteiger partial charge on any atom is -0.470 e. The van der Waals surface area contributed by atoms with Crippen molar-refractivity contribution in [2.75, 3.05) is 25.0 Å². The zero-order valence-corrected chi connectivity index (χ0v) is 31.7. The van der Waals surface area contributed by atoms with Crippen molar-refractivity contribution in [3.05, 3.63) is 29.8 Å². The van der Waals surface area contributed by atoms with E-state index in [2.05, 4.69) is 62.8 Å². The Balaban J connectivity index is 0.00000295. The fourth-order valence-electron chi connectivity index (χ4n) is 5.55. The number of hydrogen-bond acceptors (Lipinski definition) is 7. The average molecular weight is 688 g/mol. The van der Waals surface area contributed by atoms with Gasteiger partial charge in [-0.25, -0.2) is 4.79 Å². The van der Waals surface area contributed by atoms with E-state index < -0.39 is 35.2 Å². The van der Waals surface area contributed by atoms with E-state index in [0.29, 0.717) is 36.7 Å². The number of nitrogens with one attached hydrogen (secondary N) is 4. The number of anilines is 1. The Labute approximate surface area is 295 Å². The van der Waals surface area contributed by atoms with Gasteiger partial charge >= 0.3 is 6.03 Å². The van der Waals surface area contributed by atoms with Crippen LogP contribution in [0.3, 0.4) is 0 Å². The van der Waals surface area contributed by atoms with Gasteiger partial charge < -0.3 is 36.5 Å². The van der Waals surface area contributed by atoms with Gasteiger partial charge in [-0.3, -0.25) is 19.2 Å². The third-order valence-corrected chi connectivity index (χ3v) is 7.45. The van der Waals surface area contributed by atoms with E-state index in [1.54, 1.807) is 24.3 Å². The van der Waals surface area contributed by atoms with Crippen molar-refractivity contribution in [3.63, 3.8) is 0 Å². The monoisotopic (exact) mass is 687 g/mol. The smallest absolute Gasteiger partial charge is 0.312 e. The Hall–Kier alpha value is -3.61. The summed E-state index contributed by atoms with van der Waals surface area (Å²) in [6.45, 7) is 23.4. The summed E-state index contributed by atoms with van der Waals surface area (Å²) < 4.78 is 10.9. The molecular weight excluding hydrogens is 625 g/mol. The number of primary amides is 1. The number of carbonyl (C=O) groups is 5. The quantitative estimate of drug-likeness (QED) is 0.120. The van der Waals surface area contributed by atoms with E-state index in [1.165, 1.54) is 0 Å². The van der Waals surface area contributed by atoms with Crippen LogP contribution in [0, 0.1) is 22.7 Å². The maximum absolute atomic E-state index is 13.4. The van der Waals surface area contributed by atoms with Gasteiger partial charge in [0.2, 0.25) is 31.4 Å². The van der Waals surface area contributed by atoms with Gasteiger partial charge in [-0.15, -0.1) is 0 Å². The van der Waals surface area contributed by atoms with E-state index in [1.807, 2.05) is 34.6 Å². The summed E-state index contributed by atoms with van der Waals surface area (Å²) in [6, 6.07) is 5.43. The molecule has 0 aliphatic heterocycles. The lowest BCUT2D eigenvalue weighted by Crippen LogP contribution is -2.54. The molecule has 0 heterocycles. The van der Waals surface area contributed by atoms with E-state index >= 15 is 0 Å². The highest BCUT2D eigenvalue weighted by molar-refractivity contribution is 6.55. The molecule has 1 unspecified atom stereocenters. The summed E-state index contributed by atoms with van der Waals surface area (Å²) in [5, 5.41) is 10.7. The second kappa shape index (κ2) is 21.5. The molecule has 5 amide bonds. The molecule has 49 heavy (non-hydrogen) atoms. The first-order chi connectivity index (χ1) is 22.5. The van der Waals surface area contributed by atoms with Crippen molar-refractivity contribution in [1.82, 2.24) is 16.0 Å². The average Bonchev–Trinajstić information content (AvgIpc) is 2.95. The Morgan fingerprint density at radius 1 is 0.898 bits per heavy atom. The number of benzene rings is 1.